The molecule has 0 aliphatic rings. The molecule has 29 heavy (non-hydrogen) atoms. The highest BCUT2D eigenvalue weighted by atomic mass is 32.1. The normalized spacial score (nSPS) is 10.3. The lowest BCUT2D eigenvalue weighted by Gasteiger charge is -2.16. The van der Waals surface area contributed by atoms with Gasteiger partial charge in [-0.2, -0.15) is 0 Å². The number of hydrogen-bond acceptors (Lipinski definition) is 6. The minimum Gasteiger partial charge on any atom is -0.497 e. The van der Waals surface area contributed by atoms with Crippen LogP contribution in [0.2, 0.25) is 0 Å². The molecule has 1 N–H and O–H groups in total. The lowest BCUT2D eigenvalue weighted by Crippen LogP contribution is -2.37. The van der Waals surface area contributed by atoms with Crippen LogP contribution in [0.5, 0.6) is 17.4 Å². The molecule has 2 aromatic heterocycles. The van der Waals surface area contributed by atoms with Gasteiger partial charge >= 0.3 is 0 Å². The minimum atomic E-state index is -0.242. The summed E-state index contributed by atoms with van der Waals surface area (Å²) >= 11 is 1.35. The van der Waals surface area contributed by atoms with Crippen LogP contribution in [-0.2, 0) is 11.3 Å². The molecule has 3 aromatic rings. The number of thiophene rings is 1. The van der Waals surface area contributed by atoms with E-state index in [1.165, 1.54) is 16.2 Å². The maximum atomic E-state index is 12.2. The van der Waals surface area contributed by atoms with Gasteiger partial charge < -0.3 is 19.7 Å². The summed E-state index contributed by atoms with van der Waals surface area (Å²) in [7, 11) is 3.20. The number of rotatable bonds is 8. The van der Waals surface area contributed by atoms with Crippen LogP contribution in [0, 0.1) is 0 Å². The quantitative estimate of drug-likeness (QED) is 0.615. The molecule has 3 rings (SSSR count). The topological polar surface area (TPSA) is 80.8 Å². The Balaban J connectivity index is 1.48. The van der Waals surface area contributed by atoms with Crippen LogP contribution in [-0.4, -0.2) is 42.4 Å². The van der Waals surface area contributed by atoms with Crippen molar-refractivity contribution in [2.45, 2.75) is 6.54 Å². The molecule has 0 unspecified atom stereocenters. The Bertz CT molecular complexity index is 958. The molecule has 0 radical (unpaired) electrons. The van der Waals surface area contributed by atoms with Crippen LogP contribution in [0.3, 0.4) is 0 Å². The predicted octanol–water partition coefficient (Wildman–Crippen LogP) is 3.33. The summed E-state index contributed by atoms with van der Waals surface area (Å²) in [6, 6.07) is 14.3. The van der Waals surface area contributed by atoms with Gasteiger partial charge in [0.15, 0.2) is 0 Å². The van der Waals surface area contributed by atoms with E-state index in [1.807, 2.05) is 29.6 Å². The lowest BCUT2D eigenvalue weighted by molar-refractivity contribution is -0.121. The van der Waals surface area contributed by atoms with Crippen LogP contribution in [0.25, 0.3) is 0 Å². The molecule has 2 amide bonds. The van der Waals surface area contributed by atoms with Crippen molar-refractivity contribution in [3.8, 4) is 17.4 Å². The molecule has 0 spiro atoms. The first-order chi connectivity index (χ1) is 14.0. The van der Waals surface area contributed by atoms with E-state index in [9.17, 15) is 9.59 Å². The number of methoxy groups -OCH3 is 1. The third-order valence-electron chi connectivity index (χ3n) is 4.01. The fraction of sp³-hybridized carbons (Fsp3) is 0.190. The minimum absolute atomic E-state index is 0.0127. The monoisotopic (exact) mass is 411 g/mol. The summed E-state index contributed by atoms with van der Waals surface area (Å²) in [4.78, 5) is 30.5. The van der Waals surface area contributed by atoms with E-state index in [2.05, 4.69) is 10.3 Å². The summed E-state index contributed by atoms with van der Waals surface area (Å²) in [6.07, 6.45) is 1.64. The van der Waals surface area contributed by atoms with Crippen molar-refractivity contribution in [1.82, 2.24) is 15.2 Å². The highest BCUT2D eigenvalue weighted by molar-refractivity contribution is 7.12. The molecule has 0 saturated carbocycles. The summed E-state index contributed by atoms with van der Waals surface area (Å²) < 4.78 is 10.9. The molecule has 0 aliphatic heterocycles. The second kappa shape index (κ2) is 9.70. The number of likely N-dealkylation sites (N-methyl/N-ethyl adjacent to an activating group) is 1. The summed E-state index contributed by atoms with van der Waals surface area (Å²) in [6.45, 7) is 0.299. The Kier molecular flexibility index (Phi) is 6.80. The van der Waals surface area contributed by atoms with Crippen LogP contribution in [0.15, 0.2) is 60.1 Å². The number of ether oxygens (including phenoxy) is 2. The third kappa shape index (κ3) is 5.79. The lowest BCUT2D eigenvalue weighted by atomic mass is 10.3. The predicted molar refractivity (Wildman–Crippen MR) is 110 cm³/mol. The van der Waals surface area contributed by atoms with Crippen LogP contribution < -0.4 is 14.8 Å². The maximum Gasteiger partial charge on any atom is 0.264 e. The van der Waals surface area contributed by atoms with Gasteiger partial charge in [-0.05, 0) is 29.1 Å². The Morgan fingerprint density at radius 2 is 1.97 bits per heavy atom. The molecular formula is C21H21N3O4S. The number of nitrogens with zero attached hydrogens (tertiary/aromatic N) is 2. The van der Waals surface area contributed by atoms with Crippen molar-refractivity contribution in [2.75, 3.05) is 20.7 Å². The third-order valence-corrected chi connectivity index (χ3v) is 4.87. The second-order valence-corrected chi connectivity index (χ2v) is 7.15. The van der Waals surface area contributed by atoms with E-state index in [4.69, 9.17) is 9.47 Å². The van der Waals surface area contributed by atoms with Crippen molar-refractivity contribution in [2.24, 2.45) is 0 Å². The summed E-state index contributed by atoms with van der Waals surface area (Å²) in [5.41, 5.74) is 0.823. The molecule has 2 heterocycles. The number of carbonyl (C=O) groups is 2. The molecule has 0 aliphatic carbocycles. The standard InChI is InChI=1S/C21H21N3O4S/c1-24(21(26)18-7-4-10-29-18)14-19(25)22-12-15-8-9-20(23-13-15)28-17-6-3-5-16(11-17)27-2/h3-11,13H,12,14H2,1-2H3,(H,22,25). The molecule has 1 aromatic carbocycles. The van der Waals surface area contributed by atoms with Crippen molar-refractivity contribution in [3.05, 3.63) is 70.5 Å². The summed E-state index contributed by atoms with van der Waals surface area (Å²) in [5.74, 6) is 1.35. The molecule has 0 saturated heterocycles. The van der Waals surface area contributed by atoms with Gasteiger partial charge in [0.1, 0.15) is 11.5 Å². The zero-order valence-electron chi connectivity index (χ0n) is 16.1. The highest BCUT2D eigenvalue weighted by Crippen LogP contribution is 2.23. The smallest absolute Gasteiger partial charge is 0.264 e. The van der Waals surface area contributed by atoms with Crippen molar-refractivity contribution in [3.63, 3.8) is 0 Å². The van der Waals surface area contributed by atoms with Crippen molar-refractivity contribution < 1.29 is 19.1 Å². The number of nitrogens with one attached hydrogen (secondary N) is 1. The Labute approximate surface area is 172 Å². The molecule has 0 atom stereocenters. The summed E-state index contributed by atoms with van der Waals surface area (Å²) in [5, 5.41) is 4.62. The van der Waals surface area contributed by atoms with E-state index in [1.54, 1.807) is 44.6 Å². The number of aromatic nitrogens is 1. The number of pyridine rings is 1. The van der Waals surface area contributed by atoms with Crippen molar-refractivity contribution in [1.29, 1.82) is 0 Å². The first-order valence-electron chi connectivity index (χ1n) is 8.87. The van der Waals surface area contributed by atoms with Gasteiger partial charge in [-0.3, -0.25) is 9.59 Å². The number of carbonyl (C=O) groups excluding carboxylic acids is 2. The number of benzene rings is 1. The number of amides is 2. The van der Waals surface area contributed by atoms with Crippen LogP contribution in [0.1, 0.15) is 15.2 Å². The average Bonchev–Trinajstić information content (AvgIpc) is 3.27. The molecule has 150 valence electrons. The van der Waals surface area contributed by atoms with E-state index in [0.717, 1.165) is 5.56 Å². The highest BCUT2D eigenvalue weighted by Gasteiger charge is 2.15. The fourth-order valence-electron chi connectivity index (χ4n) is 2.49. The first-order valence-corrected chi connectivity index (χ1v) is 9.75. The first kappa shape index (κ1) is 20.3. The van der Waals surface area contributed by atoms with Gasteiger partial charge in [0.25, 0.3) is 5.91 Å². The Morgan fingerprint density at radius 3 is 2.66 bits per heavy atom. The van der Waals surface area contributed by atoms with Crippen molar-refractivity contribution >= 4 is 23.2 Å². The van der Waals surface area contributed by atoms with Gasteiger partial charge in [-0.25, -0.2) is 4.98 Å². The fourth-order valence-corrected chi connectivity index (χ4v) is 3.21. The molecule has 8 heteroatoms. The maximum absolute atomic E-state index is 12.2. The zero-order chi connectivity index (χ0) is 20.6. The van der Waals surface area contributed by atoms with Crippen LogP contribution >= 0.6 is 11.3 Å². The van der Waals surface area contributed by atoms with Crippen LogP contribution in [0.4, 0.5) is 0 Å². The van der Waals surface area contributed by atoms with E-state index >= 15 is 0 Å². The second-order valence-electron chi connectivity index (χ2n) is 6.20. The van der Waals surface area contributed by atoms with E-state index in [-0.39, 0.29) is 18.4 Å². The Morgan fingerprint density at radius 1 is 1.14 bits per heavy atom. The van der Waals surface area contributed by atoms with Gasteiger partial charge in [0.2, 0.25) is 11.8 Å². The van der Waals surface area contributed by atoms with Gasteiger partial charge in [-0.1, -0.05) is 18.2 Å². The SMILES string of the molecule is COc1cccc(Oc2ccc(CNC(=O)CN(C)C(=O)c3cccs3)cn2)c1. The number of hydrogen-bond donors (Lipinski definition) is 1. The van der Waals surface area contributed by atoms with Gasteiger partial charge in [0.05, 0.1) is 18.5 Å². The molecule has 7 nitrogen and oxygen atoms in total. The van der Waals surface area contributed by atoms with Gasteiger partial charge in [-0.15, -0.1) is 11.3 Å². The van der Waals surface area contributed by atoms with E-state index < -0.39 is 0 Å². The Hall–Kier alpha value is -3.39. The largest absolute Gasteiger partial charge is 0.497 e. The molecule has 0 fully saturated rings. The van der Waals surface area contributed by atoms with Gasteiger partial charge in [0, 0.05) is 31.9 Å². The zero-order valence-corrected chi connectivity index (χ0v) is 16.9. The van der Waals surface area contributed by atoms with E-state index in [0.29, 0.717) is 28.8 Å². The molecular weight excluding hydrogens is 390 g/mol. The molecule has 0 bridgehead atoms. The average molecular weight is 411 g/mol.